The van der Waals surface area contributed by atoms with Gasteiger partial charge in [-0.05, 0) is 36.1 Å². The number of thiophene rings is 1. The lowest BCUT2D eigenvalue weighted by molar-refractivity contribution is 0.167. The molecule has 2 aromatic rings. The first-order valence-corrected chi connectivity index (χ1v) is 8.89. The Morgan fingerprint density at radius 2 is 1.76 bits per heavy atom. The summed E-state index contributed by atoms with van der Waals surface area (Å²) in [5.74, 6) is -0.214. The minimum Gasteiger partial charge on any atom is -0.388 e. The van der Waals surface area contributed by atoms with Crippen LogP contribution in [0, 0.1) is 5.82 Å². The van der Waals surface area contributed by atoms with E-state index in [1.54, 1.807) is 17.4 Å². The number of halogens is 1. The fourth-order valence-electron chi connectivity index (χ4n) is 2.64. The average Bonchev–Trinajstić information content (AvgIpc) is 2.89. The first-order chi connectivity index (χ1) is 10.2. The van der Waals surface area contributed by atoms with Gasteiger partial charge in [-0.15, -0.1) is 11.3 Å². The van der Waals surface area contributed by atoms with Crippen molar-refractivity contribution in [2.45, 2.75) is 64.4 Å². The van der Waals surface area contributed by atoms with Gasteiger partial charge in [0.25, 0.3) is 0 Å². The SMILES string of the molecule is CCCCCCCCCC(O)c1cc2cc(F)ccc2s1. The maximum atomic E-state index is 13.2. The van der Waals surface area contributed by atoms with E-state index < -0.39 is 6.10 Å². The van der Waals surface area contributed by atoms with Crippen LogP contribution in [0.15, 0.2) is 24.3 Å². The molecule has 0 aliphatic carbocycles. The highest BCUT2D eigenvalue weighted by Crippen LogP contribution is 2.32. The van der Waals surface area contributed by atoms with Gasteiger partial charge in [0.05, 0.1) is 6.10 Å². The second-order valence-electron chi connectivity index (χ2n) is 5.76. The molecule has 0 saturated heterocycles. The summed E-state index contributed by atoms with van der Waals surface area (Å²) in [7, 11) is 0. The Hall–Kier alpha value is -0.930. The van der Waals surface area contributed by atoms with Gasteiger partial charge in [0.1, 0.15) is 5.82 Å². The van der Waals surface area contributed by atoms with Crippen LogP contribution in [-0.2, 0) is 0 Å². The third-order valence-electron chi connectivity index (χ3n) is 3.91. The molecule has 1 nitrogen and oxygen atoms in total. The lowest BCUT2D eigenvalue weighted by atomic mass is 10.1. The van der Waals surface area contributed by atoms with E-state index in [2.05, 4.69) is 6.92 Å². The van der Waals surface area contributed by atoms with Crippen LogP contribution in [0.3, 0.4) is 0 Å². The Kier molecular flexibility index (Phi) is 6.65. The molecule has 0 aliphatic heterocycles. The van der Waals surface area contributed by atoms with Gasteiger partial charge in [0, 0.05) is 9.58 Å². The zero-order valence-corrected chi connectivity index (χ0v) is 13.6. The van der Waals surface area contributed by atoms with Crippen molar-refractivity contribution in [1.29, 1.82) is 0 Å². The molecule has 1 N–H and O–H groups in total. The first-order valence-electron chi connectivity index (χ1n) is 8.07. The van der Waals surface area contributed by atoms with Crippen LogP contribution in [0.2, 0.25) is 0 Å². The van der Waals surface area contributed by atoms with E-state index in [0.29, 0.717) is 0 Å². The highest BCUT2D eigenvalue weighted by Gasteiger charge is 2.11. The number of hydrogen-bond acceptors (Lipinski definition) is 2. The number of aliphatic hydroxyl groups is 1. The maximum absolute atomic E-state index is 13.2. The van der Waals surface area contributed by atoms with E-state index in [1.807, 2.05) is 6.07 Å². The Morgan fingerprint density at radius 3 is 2.52 bits per heavy atom. The normalized spacial score (nSPS) is 12.9. The standard InChI is InChI=1S/C18H25FOS/c1-2-3-4-5-6-7-8-9-16(20)18-13-14-12-15(19)10-11-17(14)21-18/h10-13,16,20H,2-9H2,1H3. The van der Waals surface area contributed by atoms with Crippen molar-refractivity contribution >= 4 is 21.4 Å². The van der Waals surface area contributed by atoms with Crippen molar-refractivity contribution in [3.8, 4) is 0 Å². The minimum absolute atomic E-state index is 0.214. The van der Waals surface area contributed by atoms with Crippen LogP contribution in [-0.4, -0.2) is 5.11 Å². The van der Waals surface area contributed by atoms with Crippen LogP contribution in [0.5, 0.6) is 0 Å². The average molecular weight is 308 g/mol. The van der Waals surface area contributed by atoms with Gasteiger partial charge >= 0.3 is 0 Å². The third-order valence-corrected chi connectivity index (χ3v) is 5.12. The Labute approximate surface area is 130 Å². The van der Waals surface area contributed by atoms with Crippen molar-refractivity contribution in [2.75, 3.05) is 0 Å². The van der Waals surface area contributed by atoms with Crippen LogP contribution in [0.4, 0.5) is 4.39 Å². The molecule has 1 aromatic heterocycles. The third kappa shape index (κ3) is 5.08. The highest BCUT2D eigenvalue weighted by atomic mass is 32.1. The van der Waals surface area contributed by atoms with Gasteiger partial charge in [-0.2, -0.15) is 0 Å². The zero-order valence-electron chi connectivity index (χ0n) is 12.8. The molecule has 1 unspecified atom stereocenters. The van der Waals surface area contributed by atoms with E-state index in [4.69, 9.17) is 0 Å². The molecule has 0 bridgehead atoms. The van der Waals surface area contributed by atoms with Crippen LogP contribution < -0.4 is 0 Å². The fraction of sp³-hybridized carbons (Fsp3) is 0.556. The van der Waals surface area contributed by atoms with Crippen molar-refractivity contribution in [1.82, 2.24) is 0 Å². The summed E-state index contributed by atoms with van der Waals surface area (Å²) in [6, 6.07) is 6.73. The first kappa shape index (κ1) is 16.4. The van der Waals surface area contributed by atoms with Gasteiger partial charge in [0.2, 0.25) is 0 Å². The lowest BCUT2D eigenvalue weighted by Crippen LogP contribution is -1.94. The van der Waals surface area contributed by atoms with Gasteiger partial charge < -0.3 is 5.11 Å². The van der Waals surface area contributed by atoms with Crippen molar-refractivity contribution in [2.24, 2.45) is 0 Å². The topological polar surface area (TPSA) is 20.2 Å². The van der Waals surface area contributed by atoms with Crippen molar-refractivity contribution < 1.29 is 9.50 Å². The Morgan fingerprint density at radius 1 is 1.05 bits per heavy atom. The smallest absolute Gasteiger partial charge is 0.123 e. The van der Waals surface area contributed by atoms with E-state index in [1.165, 1.54) is 50.7 Å². The molecule has 1 aromatic carbocycles. The largest absolute Gasteiger partial charge is 0.388 e. The monoisotopic (exact) mass is 308 g/mol. The summed E-state index contributed by atoms with van der Waals surface area (Å²) in [6.45, 7) is 2.23. The minimum atomic E-state index is -0.402. The molecular weight excluding hydrogens is 283 g/mol. The summed E-state index contributed by atoms with van der Waals surface area (Å²) in [5.41, 5.74) is 0. The number of rotatable bonds is 9. The second kappa shape index (κ2) is 8.50. The van der Waals surface area contributed by atoms with Crippen LogP contribution in [0.1, 0.15) is 69.3 Å². The lowest BCUT2D eigenvalue weighted by Gasteiger charge is -2.07. The summed E-state index contributed by atoms with van der Waals surface area (Å²) < 4.78 is 14.2. The quantitative estimate of drug-likeness (QED) is 0.546. The van der Waals surface area contributed by atoms with Gasteiger partial charge in [-0.3, -0.25) is 0 Å². The van der Waals surface area contributed by atoms with Gasteiger partial charge in [0.15, 0.2) is 0 Å². The zero-order chi connectivity index (χ0) is 15.1. The molecule has 0 spiro atoms. The summed E-state index contributed by atoms with van der Waals surface area (Å²) in [5, 5.41) is 11.1. The number of aliphatic hydroxyl groups excluding tert-OH is 1. The van der Waals surface area contributed by atoms with Gasteiger partial charge in [-0.25, -0.2) is 4.39 Å². The molecule has 0 fully saturated rings. The molecule has 0 radical (unpaired) electrons. The summed E-state index contributed by atoms with van der Waals surface area (Å²) in [4.78, 5) is 0.960. The Balaban J connectivity index is 1.75. The fourth-order valence-corrected chi connectivity index (χ4v) is 3.70. The molecule has 1 atom stereocenters. The molecule has 3 heteroatoms. The van der Waals surface area contributed by atoms with Crippen LogP contribution in [0.25, 0.3) is 10.1 Å². The molecule has 2 rings (SSSR count). The highest BCUT2D eigenvalue weighted by molar-refractivity contribution is 7.19. The molecule has 0 amide bonds. The predicted octanol–water partition coefficient (Wildman–Crippen LogP) is 6.21. The molecular formula is C18H25FOS. The molecule has 116 valence electrons. The number of fused-ring (bicyclic) bond motifs is 1. The molecule has 1 heterocycles. The second-order valence-corrected chi connectivity index (χ2v) is 6.87. The molecule has 0 saturated carbocycles. The van der Waals surface area contributed by atoms with Crippen molar-refractivity contribution in [3.63, 3.8) is 0 Å². The summed E-state index contributed by atoms with van der Waals surface area (Å²) in [6.07, 6.45) is 9.20. The van der Waals surface area contributed by atoms with E-state index >= 15 is 0 Å². The van der Waals surface area contributed by atoms with E-state index in [0.717, 1.165) is 27.8 Å². The van der Waals surface area contributed by atoms with E-state index in [-0.39, 0.29) is 5.82 Å². The summed E-state index contributed by atoms with van der Waals surface area (Å²) >= 11 is 1.57. The predicted molar refractivity (Wildman–Crippen MR) is 89.4 cm³/mol. The number of unbranched alkanes of at least 4 members (excludes halogenated alkanes) is 6. The Bertz CT molecular complexity index is 549. The molecule has 21 heavy (non-hydrogen) atoms. The van der Waals surface area contributed by atoms with Crippen LogP contribution >= 0.6 is 11.3 Å². The maximum Gasteiger partial charge on any atom is 0.123 e. The van der Waals surface area contributed by atoms with Crippen molar-refractivity contribution in [3.05, 3.63) is 35.0 Å². The number of benzene rings is 1. The number of hydrogen-bond donors (Lipinski definition) is 1. The van der Waals surface area contributed by atoms with E-state index in [9.17, 15) is 9.50 Å². The molecule has 0 aliphatic rings. The van der Waals surface area contributed by atoms with Gasteiger partial charge in [-0.1, -0.05) is 51.9 Å².